The SMILES string of the molecule is O=C(Nc1cccnc1Br)c1ccc(CBr)cc1. The van der Waals surface area contributed by atoms with Crippen LogP contribution in [-0.4, -0.2) is 10.9 Å². The van der Waals surface area contributed by atoms with E-state index in [-0.39, 0.29) is 5.91 Å². The van der Waals surface area contributed by atoms with Gasteiger partial charge in [0.25, 0.3) is 5.91 Å². The molecule has 0 aliphatic heterocycles. The third-order valence-electron chi connectivity index (χ3n) is 2.38. The largest absolute Gasteiger partial charge is 0.320 e. The van der Waals surface area contributed by atoms with Crippen LogP contribution in [0.2, 0.25) is 0 Å². The first kappa shape index (κ1) is 13.2. The molecule has 1 aromatic heterocycles. The minimum absolute atomic E-state index is 0.148. The number of hydrogen-bond acceptors (Lipinski definition) is 2. The Hall–Kier alpha value is -1.20. The summed E-state index contributed by atoms with van der Waals surface area (Å²) < 4.78 is 0.621. The Labute approximate surface area is 122 Å². The zero-order chi connectivity index (χ0) is 13.0. The number of nitrogens with zero attached hydrogens (tertiary/aromatic N) is 1. The number of hydrogen-bond donors (Lipinski definition) is 1. The molecule has 2 rings (SSSR count). The monoisotopic (exact) mass is 368 g/mol. The van der Waals surface area contributed by atoms with E-state index in [0.29, 0.717) is 15.9 Å². The molecule has 0 spiro atoms. The normalized spacial score (nSPS) is 10.1. The van der Waals surface area contributed by atoms with Crippen molar-refractivity contribution in [3.05, 3.63) is 58.3 Å². The van der Waals surface area contributed by atoms with Gasteiger partial charge >= 0.3 is 0 Å². The van der Waals surface area contributed by atoms with Gasteiger partial charge in [0, 0.05) is 17.1 Å². The minimum atomic E-state index is -0.148. The lowest BCUT2D eigenvalue weighted by atomic mass is 10.1. The van der Waals surface area contributed by atoms with Crippen molar-refractivity contribution >= 4 is 43.5 Å². The second kappa shape index (κ2) is 6.11. The molecule has 5 heteroatoms. The average Bonchev–Trinajstić information content (AvgIpc) is 2.41. The Morgan fingerprint density at radius 1 is 1.22 bits per heavy atom. The van der Waals surface area contributed by atoms with Crippen LogP contribution >= 0.6 is 31.9 Å². The summed E-state index contributed by atoms with van der Waals surface area (Å²) in [5, 5.41) is 3.58. The van der Waals surface area contributed by atoms with Crippen LogP contribution in [0.1, 0.15) is 15.9 Å². The van der Waals surface area contributed by atoms with E-state index < -0.39 is 0 Å². The van der Waals surface area contributed by atoms with E-state index >= 15 is 0 Å². The molecule has 92 valence electrons. The Morgan fingerprint density at radius 2 is 1.94 bits per heavy atom. The van der Waals surface area contributed by atoms with E-state index in [1.165, 1.54) is 0 Å². The summed E-state index contributed by atoms with van der Waals surface area (Å²) >= 11 is 6.66. The Kier molecular flexibility index (Phi) is 4.49. The van der Waals surface area contributed by atoms with Crippen LogP contribution in [0.3, 0.4) is 0 Å². The predicted octanol–water partition coefficient (Wildman–Crippen LogP) is 3.99. The Bertz CT molecular complexity index is 555. The van der Waals surface area contributed by atoms with Gasteiger partial charge in [-0.2, -0.15) is 0 Å². The molecule has 0 unspecified atom stereocenters. The first-order chi connectivity index (χ1) is 8.70. The van der Waals surface area contributed by atoms with E-state index in [2.05, 4.69) is 42.2 Å². The van der Waals surface area contributed by atoms with Crippen molar-refractivity contribution in [3.8, 4) is 0 Å². The van der Waals surface area contributed by atoms with Crippen LogP contribution in [0.15, 0.2) is 47.2 Å². The standard InChI is InChI=1S/C13H10Br2N2O/c14-8-9-3-5-10(6-4-9)13(18)17-11-2-1-7-16-12(11)15/h1-7H,8H2,(H,17,18). The number of halogens is 2. The molecule has 0 saturated heterocycles. The van der Waals surface area contributed by atoms with Crippen molar-refractivity contribution in [2.45, 2.75) is 5.33 Å². The molecule has 0 fully saturated rings. The van der Waals surface area contributed by atoms with E-state index in [0.717, 1.165) is 10.9 Å². The molecular weight excluding hydrogens is 360 g/mol. The second-order valence-corrected chi connectivity index (χ2v) is 4.94. The highest BCUT2D eigenvalue weighted by molar-refractivity contribution is 9.10. The van der Waals surface area contributed by atoms with Crippen LogP contribution in [0.25, 0.3) is 0 Å². The van der Waals surface area contributed by atoms with Crippen molar-refractivity contribution in [2.75, 3.05) is 5.32 Å². The lowest BCUT2D eigenvalue weighted by molar-refractivity contribution is 0.102. The van der Waals surface area contributed by atoms with Gasteiger partial charge in [0.1, 0.15) is 4.60 Å². The second-order valence-electron chi connectivity index (χ2n) is 3.63. The van der Waals surface area contributed by atoms with Crippen LogP contribution in [0, 0.1) is 0 Å². The fourth-order valence-corrected chi connectivity index (χ4v) is 2.14. The Balaban J connectivity index is 2.14. The molecule has 0 radical (unpaired) electrons. The van der Waals surface area contributed by atoms with E-state index in [9.17, 15) is 4.79 Å². The van der Waals surface area contributed by atoms with E-state index in [4.69, 9.17) is 0 Å². The van der Waals surface area contributed by atoms with Crippen molar-refractivity contribution in [3.63, 3.8) is 0 Å². The topological polar surface area (TPSA) is 42.0 Å². The maximum Gasteiger partial charge on any atom is 0.255 e. The highest BCUT2D eigenvalue weighted by atomic mass is 79.9. The fraction of sp³-hybridized carbons (Fsp3) is 0.0769. The van der Waals surface area contributed by atoms with Crippen LogP contribution < -0.4 is 5.32 Å². The number of carbonyl (C=O) groups excluding carboxylic acids is 1. The third-order valence-corrected chi connectivity index (χ3v) is 3.66. The highest BCUT2D eigenvalue weighted by Crippen LogP contribution is 2.19. The van der Waals surface area contributed by atoms with Gasteiger partial charge in [-0.05, 0) is 45.8 Å². The number of carbonyl (C=O) groups is 1. The predicted molar refractivity (Wildman–Crippen MR) is 79.0 cm³/mol. The van der Waals surface area contributed by atoms with Crippen molar-refractivity contribution in [1.29, 1.82) is 0 Å². The number of alkyl halides is 1. The molecule has 1 heterocycles. The average molecular weight is 370 g/mol. The summed E-state index contributed by atoms with van der Waals surface area (Å²) in [6.45, 7) is 0. The summed E-state index contributed by atoms with van der Waals surface area (Å²) in [4.78, 5) is 16.0. The molecule has 0 atom stereocenters. The van der Waals surface area contributed by atoms with E-state index in [1.54, 1.807) is 30.5 Å². The number of amides is 1. The number of benzene rings is 1. The summed E-state index contributed by atoms with van der Waals surface area (Å²) in [6.07, 6.45) is 1.66. The quantitative estimate of drug-likeness (QED) is 0.656. The summed E-state index contributed by atoms with van der Waals surface area (Å²) in [7, 11) is 0. The molecule has 1 aromatic carbocycles. The smallest absolute Gasteiger partial charge is 0.255 e. The van der Waals surface area contributed by atoms with Crippen molar-refractivity contribution in [2.24, 2.45) is 0 Å². The van der Waals surface area contributed by atoms with Gasteiger partial charge in [-0.1, -0.05) is 28.1 Å². The summed E-state index contributed by atoms with van der Waals surface area (Å²) in [5.74, 6) is -0.148. The van der Waals surface area contributed by atoms with Crippen molar-refractivity contribution < 1.29 is 4.79 Å². The van der Waals surface area contributed by atoms with Gasteiger partial charge in [-0.3, -0.25) is 4.79 Å². The summed E-state index contributed by atoms with van der Waals surface area (Å²) in [5.41, 5.74) is 2.41. The fourth-order valence-electron chi connectivity index (χ4n) is 1.42. The van der Waals surface area contributed by atoms with Crippen LogP contribution in [-0.2, 0) is 5.33 Å². The van der Waals surface area contributed by atoms with Gasteiger partial charge in [0.05, 0.1) is 5.69 Å². The minimum Gasteiger partial charge on any atom is -0.320 e. The molecule has 1 N–H and O–H groups in total. The van der Waals surface area contributed by atoms with E-state index in [1.807, 2.05) is 12.1 Å². The number of aromatic nitrogens is 1. The van der Waals surface area contributed by atoms with Gasteiger partial charge < -0.3 is 5.32 Å². The number of pyridine rings is 1. The van der Waals surface area contributed by atoms with Crippen LogP contribution in [0.4, 0.5) is 5.69 Å². The first-order valence-electron chi connectivity index (χ1n) is 5.27. The molecule has 1 amide bonds. The molecule has 0 aliphatic rings. The van der Waals surface area contributed by atoms with Gasteiger partial charge in [0.15, 0.2) is 0 Å². The first-order valence-corrected chi connectivity index (χ1v) is 7.19. The lowest BCUT2D eigenvalue weighted by Crippen LogP contribution is -2.12. The zero-order valence-electron chi connectivity index (χ0n) is 9.36. The van der Waals surface area contributed by atoms with Crippen molar-refractivity contribution in [1.82, 2.24) is 4.98 Å². The number of anilines is 1. The Morgan fingerprint density at radius 3 is 2.56 bits per heavy atom. The molecule has 3 nitrogen and oxygen atoms in total. The zero-order valence-corrected chi connectivity index (χ0v) is 12.5. The molecule has 2 aromatic rings. The van der Waals surface area contributed by atoms with Gasteiger partial charge in [-0.15, -0.1) is 0 Å². The van der Waals surface area contributed by atoms with Gasteiger partial charge in [-0.25, -0.2) is 4.98 Å². The highest BCUT2D eigenvalue weighted by Gasteiger charge is 2.08. The lowest BCUT2D eigenvalue weighted by Gasteiger charge is -2.06. The molecule has 0 saturated carbocycles. The molecule has 18 heavy (non-hydrogen) atoms. The molecule has 0 aliphatic carbocycles. The third kappa shape index (κ3) is 3.17. The number of rotatable bonds is 3. The maximum atomic E-state index is 12.0. The number of nitrogens with one attached hydrogen (secondary N) is 1. The molecule has 0 bridgehead atoms. The summed E-state index contributed by atoms with van der Waals surface area (Å²) in [6, 6.07) is 11.0. The van der Waals surface area contributed by atoms with Gasteiger partial charge in [0.2, 0.25) is 0 Å². The van der Waals surface area contributed by atoms with Crippen LogP contribution in [0.5, 0.6) is 0 Å². The maximum absolute atomic E-state index is 12.0. The molecular formula is C13H10Br2N2O.